The van der Waals surface area contributed by atoms with E-state index in [2.05, 4.69) is 20.3 Å². The van der Waals surface area contributed by atoms with Gasteiger partial charge in [-0.3, -0.25) is 0 Å². The van der Waals surface area contributed by atoms with Crippen LogP contribution in [0.15, 0.2) is 0 Å². The van der Waals surface area contributed by atoms with Gasteiger partial charge < -0.3 is 30.1 Å². The first-order chi connectivity index (χ1) is 10.0. The van der Waals surface area contributed by atoms with Crippen molar-refractivity contribution in [1.29, 1.82) is 0 Å². The number of anilines is 2. The molecule has 21 heavy (non-hydrogen) atoms. The van der Waals surface area contributed by atoms with Crippen molar-refractivity contribution in [2.75, 3.05) is 37.5 Å². The van der Waals surface area contributed by atoms with Gasteiger partial charge in [0.25, 0.3) is 0 Å². The van der Waals surface area contributed by atoms with E-state index in [4.69, 9.17) is 24.7 Å². The van der Waals surface area contributed by atoms with Gasteiger partial charge in [0.2, 0.25) is 11.9 Å². The molecule has 0 spiro atoms. The Bertz CT molecular complexity index is 399. The van der Waals surface area contributed by atoms with Crippen molar-refractivity contribution in [2.45, 2.75) is 27.3 Å². The molecule has 0 aliphatic heterocycles. The van der Waals surface area contributed by atoms with E-state index in [1.165, 1.54) is 0 Å². The average Bonchev–Trinajstić information content (AvgIpc) is 2.38. The minimum atomic E-state index is -2.72. The Labute approximate surface area is 125 Å². The Balaban J connectivity index is 2.63. The fourth-order valence-electron chi connectivity index (χ4n) is 1.80. The lowest BCUT2D eigenvalue weighted by atomic mass is 10.6. The van der Waals surface area contributed by atoms with Gasteiger partial charge in [0.15, 0.2) is 0 Å². The van der Waals surface area contributed by atoms with E-state index in [1.54, 1.807) is 0 Å². The molecule has 0 unspecified atom stereocenters. The quantitative estimate of drug-likeness (QED) is 0.498. The van der Waals surface area contributed by atoms with Crippen LogP contribution in [0.2, 0.25) is 0 Å². The average molecular weight is 316 g/mol. The topological polar surface area (TPSA) is 130 Å². The number of nitrogens with two attached hydrogens (primary N) is 2. The summed E-state index contributed by atoms with van der Waals surface area (Å²) >= 11 is 0. The summed E-state index contributed by atoms with van der Waals surface area (Å²) in [5.41, 5.74) is 11.0. The van der Waals surface area contributed by atoms with Crippen molar-refractivity contribution in [3.05, 3.63) is 5.82 Å². The Morgan fingerprint density at radius 1 is 0.905 bits per heavy atom. The highest BCUT2D eigenvalue weighted by Gasteiger charge is 2.40. The minimum absolute atomic E-state index is 0.0993. The molecular weight excluding hydrogens is 292 g/mol. The zero-order valence-electron chi connectivity index (χ0n) is 12.8. The third-order valence-electron chi connectivity index (χ3n) is 2.43. The standard InChI is InChI=1S/C11H24N6O3Si/c1-4-18-21(19-5-2,20-6-3)8-14-7-9-15-10(12)17-11(13)16-9/h14H,4-8H2,1-3H3,(H4,12,13,15,16,17). The van der Waals surface area contributed by atoms with Gasteiger partial charge in [0.1, 0.15) is 5.82 Å². The highest BCUT2D eigenvalue weighted by atomic mass is 28.4. The van der Waals surface area contributed by atoms with Crippen molar-refractivity contribution in [1.82, 2.24) is 20.3 Å². The number of rotatable bonds is 10. The molecule has 0 aliphatic rings. The van der Waals surface area contributed by atoms with Crippen LogP contribution in [0.1, 0.15) is 26.6 Å². The van der Waals surface area contributed by atoms with Crippen LogP contribution in [0.5, 0.6) is 0 Å². The molecule has 0 saturated carbocycles. The van der Waals surface area contributed by atoms with Gasteiger partial charge in [0.05, 0.1) is 12.7 Å². The zero-order valence-corrected chi connectivity index (χ0v) is 13.8. The SMILES string of the molecule is CCO[Si](CNCc1nc(N)nc(N)n1)(OCC)OCC. The molecule has 120 valence electrons. The molecule has 0 fully saturated rings. The van der Waals surface area contributed by atoms with E-state index in [0.29, 0.717) is 38.4 Å². The molecule has 9 nitrogen and oxygen atoms in total. The van der Waals surface area contributed by atoms with Crippen molar-refractivity contribution >= 4 is 20.7 Å². The zero-order chi connectivity index (χ0) is 15.7. The first-order valence-corrected chi connectivity index (χ1v) is 8.86. The summed E-state index contributed by atoms with van der Waals surface area (Å²) in [7, 11) is -2.72. The molecule has 1 aromatic rings. The van der Waals surface area contributed by atoms with Crippen LogP contribution in [-0.4, -0.2) is 49.7 Å². The van der Waals surface area contributed by atoms with Crippen LogP contribution in [0.4, 0.5) is 11.9 Å². The third kappa shape index (κ3) is 5.89. The van der Waals surface area contributed by atoms with E-state index in [0.717, 1.165) is 0 Å². The Kier molecular flexibility index (Phi) is 7.46. The molecule has 0 amide bonds. The normalized spacial score (nSPS) is 11.8. The number of aromatic nitrogens is 3. The summed E-state index contributed by atoms with van der Waals surface area (Å²) < 4.78 is 17.2. The van der Waals surface area contributed by atoms with E-state index in [9.17, 15) is 0 Å². The van der Waals surface area contributed by atoms with Crippen LogP contribution in [0.25, 0.3) is 0 Å². The van der Waals surface area contributed by atoms with Gasteiger partial charge in [-0.05, 0) is 20.8 Å². The molecule has 10 heteroatoms. The second-order valence-electron chi connectivity index (χ2n) is 4.05. The van der Waals surface area contributed by atoms with Crippen LogP contribution in [0.3, 0.4) is 0 Å². The second-order valence-corrected chi connectivity index (χ2v) is 6.64. The molecular formula is C11H24N6O3Si. The fraction of sp³-hybridized carbons (Fsp3) is 0.727. The lowest BCUT2D eigenvalue weighted by Gasteiger charge is -2.28. The van der Waals surface area contributed by atoms with Gasteiger partial charge in [0, 0.05) is 19.8 Å². The molecule has 5 N–H and O–H groups in total. The van der Waals surface area contributed by atoms with Crippen LogP contribution >= 0.6 is 0 Å². The van der Waals surface area contributed by atoms with E-state index in [-0.39, 0.29) is 11.9 Å². The Hall–Kier alpha value is -1.33. The monoisotopic (exact) mass is 316 g/mol. The Morgan fingerprint density at radius 2 is 1.38 bits per heavy atom. The Morgan fingerprint density at radius 3 is 1.81 bits per heavy atom. The maximum Gasteiger partial charge on any atom is 0.515 e. The summed E-state index contributed by atoms with van der Waals surface area (Å²) in [5.74, 6) is 0.664. The number of nitrogens with zero attached hydrogens (tertiary/aromatic N) is 3. The number of nitrogen functional groups attached to an aromatic ring is 2. The molecule has 0 aliphatic carbocycles. The van der Waals surface area contributed by atoms with Gasteiger partial charge in [-0.2, -0.15) is 15.0 Å². The maximum absolute atomic E-state index is 5.73. The van der Waals surface area contributed by atoms with E-state index in [1.807, 2.05) is 20.8 Å². The smallest absolute Gasteiger partial charge is 0.373 e. The molecule has 1 aromatic heterocycles. The van der Waals surface area contributed by atoms with Crippen molar-refractivity contribution < 1.29 is 13.3 Å². The minimum Gasteiger partial charge on any atom is -0.373 e. The highest BCUT2D eigenvalue weighted by molar-refractivity contribution is 6.60. The third-order valence-corrected chi connectivity index (χ3v) is 5.30. The molecule has 0 atom stereocenters. The van der Waals surface area contributed by atoms with Crippen molar-refractivity contribution in [3.63, 3.8) is 0 Å². The second kappa shape index (κ2) is 8.84. The van der Waals surface area contributed by atoms with E-state index < -0.39 is 8.80 Å². The lowest BCUT2D eigenvalue weighted by Crippen LogP contribution is -2.54. The van der Waals surface area contributed by atoms with Gasteiger partial charge in [-0.15, -0.1) is 0 Å². The maximum atomic E-state index is 5.73. The number of hydrogen-bond acceptors (Lipinski definition) is 9. The van der Waals surface area contributed by atoms with Crippen LogP contribution in [0, 0.1) is 0 Å². The van der Waals surface area contributed by atoms with Gasteiger partial charge in [-0.1, -0.05) is 0 Å². The fourth-order valence-corrected chi connectivity index (χ4v) is 4.11. The van der Waals surface area contributed by atoms with Gasteiger partial charge >= 0.3 is 8.80 Å². The summed E-state index contributed by atoms with van der Waals surface area (Å²) in [6.45, 7) is 7.69. The number of hydrogen-bond donors (Lipinski definition) is 3. The summed E-state index contributed by atoms with van der Waals surface area (Å²) in [6.07, 6.45) is 0.452. The van der Waals surface area contributed by atoms with E-state index >= 15 is 0 Å². The molecule has 0 bridgehead atoms. The summed E-state index contributed by atoms with van der Waals surface area (Å²) in [6, 6.07) is 0. The molecule has 0 radical (unpaired) electrons. The predicted octanol–water partition coefficient (Wildman–Crippen LogP) is -0.287. The van der Waals surface area contributed by atoms with Gasteiger partial charge in [-0.25, -0.2) is 0 Å². The first kappa shape index (κ1) is 17.7. The lowest BCUT2D eigenvalue weighted by molar-refractivity contribution is 0.0700. The van der Waals surface area contributed by atoms with Crippen LogP contribution < -0.4 is 16.8 Å². The predicted molar refractivity (Wildman–Crippen MR) is 81.0 cm³/mol. The van der Waals surface area contributed by atoms with Crippen LogP contribution in [-0.2, 0) is 19.8 Å². The van der Waals surface area contributed by atoms with Crippen molar-refractivity contribution in [3.8, 4) is 0 Å². The molecule has 0 aromatic carbocycles. The molecule has 1 rings (SSSR count). The number of nitrogens with one attached hydrogen (secondary N) is 1. The highest BCUT2D eigenvalue weighted by Crippen LogP contribution is 2.09. The van der Waals surface area contributed by atoms with Crippen molar-refractivity contribution in [2.24, 2.45) is 0 Å². The largest absolute Gasteiger partial charge is 0.515 e. The molecule has 0 saturated heterocycles. The summed E-state index contributed by atoms with van der Waals surface area (Å²) in [4.78, 5) is 11.7. The molecule has 1 heterocycles. The first-order valence-electron chi connectivity index (χ1n) is 6.93. The summed E-state index contributed by atoms with van der Waals surface area (Å²) in [5, 5.41) is 3.17.